The van der Waals surface area contributed by atoms with Crippen LogP contribution < -0.4 is 0 Å². The number of pyridine rings is 1. The van der Waals surface area contributed by atoms with Crippen molar-refractivity contribution in [1.82, 2.24) is 14.3 Å². The van der Waals surface area contributed by atoms with Crippen molar-refractivity contribution < 1.29 is 0 Å². The van der Waals surface area contributed by atoms with E-state index in [-0.39, 0.29) is 0 Å². The molecule has 3 nitrogen and oxygen atoms in total. The fourth-order valence-corrected chi connectivity index (χ4v) is 3.42. The molecule has 2 aromatic rings. The number of fused-ring (bicyclic) bond motifs is 1. The van der Waals surface area contributed by atoms with Crippen molar-refractivity contribution in [3.8, 4) is 0 Å². The Bertz CT molecular complexity index is 585. The Morgan fingerprint density at radius 3 is 2.90 bits per heavy atom. The monoisotopic (exact) mass is 271 g/mol. The average molecular weight is 271 g/mol. The maximum atomic E-state index is 4.78. The number of aromatic nitrogens is 2. The topological polar surface area (TPSA) is 20.5 Å². The van der Waals surface area contributed by atoms with Gasteiger partial charge in [-0.25, -0.2) is 4.98 Å². The minimum Gasteiger partial charge on any atom is -0.307 e. The molecule has 3 rings (SSSR count). The van der Waals surface area contributed by atoms with E-state index >= 15 is 0 Å². The van der Waals surface area contributed by atoms with E-state index < -0.39 is 0 Å². The zero-order valence-electron chi connectivity index (χ0n) is 12.8. The Morgan fingerprint density at radius 2 is 2.10 bits per heavy atom. The van der Waals surface area contributed by atoms with Crippen LogP contribution in [0.4, 0.5) is 0 Å². The molecule has 0 radical (unpaired) electrons. The van der Waals surface area contributed by atoms with Gasteiger partial charge >= 0.3 is 0 Å². The molecule has 0 N–H and O–H groups in total. The fraction of sp³-hybridized carbons (Fsp3) is 0.588. The Balaban J connectivity index is 1.80. The minimum absolute atomic E-state index is 0.638. The molecule has 1 fully saturated rings. The maximum absolute atomic E-state index is 4.78. The normalized spacial score (nSPS) is 20.9. The van der Waals surface area contributed by atoms with E-state index in [1.165, 1.54) is 37.1 Å². The zero-order chi connectivity index (χ0) is 14.1. The lowest BCUT2D eigenvalue weighted by Crippen LogP contribution is -2.45. The first-order valence-corrected chi connectivity index (χ1v) is 7.83. The Hall–Kier alpha value is -1.35. The van der Waals surface area contributed by atoms with Crippen LogP contribution in [0.1, 0.15) is 44.4 Å². The van der Waals surface area contributed by atoms with Crippen LogP contribution in [0.5, 0.6) is 0 Å². The molecule has 1 unspecified atom stereocenters. The van der Waals surface area contributed by atoms with Gasteiger partial charge in [0.25, 0.3) is 0 Å². The summed E-state index contributed by atoms with van der Waals surface area (Å²) in [5, 5.41) is 0. The van der Waals surface area contributed by atoms with Gasteiger partial charge in [0.15, 0.2) is 0 Å². The highest BCUT2D eigenvalue weighted by molar-refractivity contribution is 5.41. The molecule has 0 bridgehead atoms. The van der Waals surface area contributed by atoms with Crippen LogP contribution in [0.25, 0.3) is 5.65 Å². The van der Waals surface area contributed by atoms with Crippen molar-refractivity contribution >= 4 is 5.65 Å². The molecule has 3 heterocycles. The van der Waals surface area contributed by atoms with E-state index in [0.717, 1.165) is 12.1 Å². The number of aryl methyl sites for hydroxylation is 1. The molecular weight excluding hydrogens is 246 g/mol. The summed E-state index contributed by atoms with van der Waals surface area (Å²) >= 11 is 0. The second kappa shape index (κ2) is 5.57. The SMILES string of the molecule is Cc1ccc2nc(CC3CCCCN3C(C)C)cn2c1. The van der Waals surface area contributed by atoms with Gasteiger partial charge < -0.3 is 4.40 Å². The van der Waals surface area contributed by atoms with Crippen LogP contribution in [-0.4, -0.2) is 32.9 Å². The first-order chi connectivity index (χ1) is 9.63. The third kappa shape index (κ3) is 2.73. The summed E-state index contributed by atoms with van der Waals surface area (Å²) in [7, 11) is 0. The molecule has 1 aliphatic rings. The number of imidazole rings is 1. The van der Waals surface area contributed by atoms with Crippen LogP contribution in [0, 0.1) is 6.92 Å². The van der Waals surface area contributed by atoms with E-state index in [1.807, 2.05) is 0 Å². The largest absolute Gasteiger partial charge is 0.307 e. The summed E-state index contributed by atoms with van der Waals surface area (Å²) < 4.78 is 2.16. The maximum Gasteiger partial charge on any atom is 0.136 e. The van der Waals surface area contributed by atoms with Gasteiger partial charge in [-0.3, -0.25) is 4.90 Å². The van der Waals surface area contributed by atoms with Gasteiger partial charge in [-0.1, -0.05) is 12.5 Å². The van der Waals surface area contributed by atoms with Crippen LogP contribution >= 0.6 is 0 Å². The first-order valence-electron chi connectivity index (χ1n) is 7.83. The number of likely N-dealkylation sites (tertiary alicyclic amines) is 1. The zero-order valence-corrected chi connectivity index (χ0v) is 12.8. The van der Waals surface area contributed by atoms with Gasteiger partial charge in [-0.2, -0.15) is 0 Å². The van der Waals surface area contributed by atoms with Crippen LogP contribution in [-0.2, 0) is 6.42 Å². The molecule has 0 amide bonds. The fourth-order valence-electron chi connectivity index (χ4n) is 3.42. The van der Waals surface area contributed by atoms with Crippen LogP contribution in [0.3, 0.4) is 0 Å². The average Bonchev–Trinajstić information content (AvgIpc) is 2.80. The Labute approximate surface area is 121 Å². The highest BCUT2D eigenvalue weighted by Gasteiger charge is 2.25. The number of hydrogen-bond donors (Lipinski definition) is 0. The predicted octanol–water partition coefficient (Wildman–Crippen LogP) is 3.45. The molecule has 0 aromatic carbocycles. The van der Waals surface area contributed by atoms with Crippen molar-refractivity contribution in [1.29, 1.82) is 0 Å². The number of hydrogen-bond acceptors (Lipinski definition) is 2. The lowest BCUT2D eigenvalue weighted by atomic mass is 9.97. The molecule has 0 aliphatic carbocycles. The highest BCUT2D eigenvalue weighted by atomic mass is 15.2. The summed E-state index contributed by atoms with van der Waals surface area (Å²) in [6.45, 7) is 7.99. The summed E-state index contributed by atoms with van der Waals surface area (Å²) in [5.74, 6) is 0. The van der Waals surface area contributed by atoms with E-state index in [0.29, 0.717) is 12.1 Å². The lowest BCUT2D eigenvalue weighted by molar-refractivity contribution is 0.111. The van der Waals surface area contributed by atoms with Crippen molar-refractivity contribution in [3.05, 3.63) is 35.8 Å². The molecule has 0 saturated carbocycles. The van der Waals surface area contributed by atoms with Gasteiger partial charge in [0.2, 0.25) is 0 Å². The van der Waals surface area contributed by atoms with E-state index in [2.05, 4.69) is 54.6 Å². The van der Waals surface area contributed by atoms with Gasteiger partial charge in [0.05, 0.1) is 5.69 Å². The summed E-state index contributed by atoms with van der Waals surface area (Å²) in [6.07, 6.45) is 9.46. The van der Waals surface area contributed by atoms with Gasteiger partial charge in [-0.15, -0.1) is 0 Å². The third-order valence-electron chi connectivity index (χ3n) is 4.43. The van der Waals surface area contributed by atoms with Crippen LogP contribution in [0.2, 0.25) is 0 Å². The second-order valence-corrected chi connectivity index (χ2v) is 6.39. The highest BCUT2D eigenvalue weighted by Crippen LogP contribution is 2.22. The van der Waals surface area contributed by atoms with E-state index in [1.54, 1.807) is 0 Å². The van der Waals surface area contributed by atoms with Gasteiger partial charge in [-0.05, 0) is 51.8 Å². The van der Waals surface area contributed by atoms with Crippen LogP contribution in [0.15, 0.2) is 24.5 Å². The summed E-state index contributed by atoms with van der Waals surface area (Å²) in [5.41, 5.74) is 3.58. The van der Waals surface area contributed by atoms with E-state index in [9.17, 15) is 0 Å². The van der Waals surface area contributed by atoms with Gasteiger partial charge in [0.1, 0.15) is 5.65 Å². The van der Waals surface area contributed by atoms with Crippen molar-refractivity contribution in [2.75, 3.05) is 6.54 Å². The molecule has 0 spiro atoms. The number of piperidine rings is 1. The minimum atomic E-state index is 0.638. The Morgan fingerprint density at radius 1 is 1.25 bits per heavy atom. The molecule has 108 valence electrons. The Kier molecular flexibility index (Phi) is 3.79. The second-order valence-electron chi connectivity index (χ2n) is 6.39. The number of rotatable bonds is 3. The predicted molar refractivity (Wildman–Crippen MR) is 83.1 cm³/mol. The molecule has 1 saturated heterocycles. The van der Waals surface area contributed by atoms with Crippen molar-refractivity contribution in [3.63, 3.8) is 0 Å². The quantitative estimate of drug-likeness (QED) is 0.852. The molecule has 1 aliphatic heterocycles. The molecular formula is C17H25N3. The molecule has 3 heteroatoms. The first kappa shape index (κ1) is 13.6. The summed E-state index contributed by atoms with van der Waals surface area (Å²) in [6, 6.07) is 5.54. The standard InChI is InChI=1S/C17H25N3/c1-13(2)20-9-5-4-6-16(20)10-15-12-19-11-14(3)7-8-17(19)18-15/h7-8,11-13,16H,4-6,9-10H2,1-3H3. The van der Waals surface area contributed by atoms with Crippen molar-refractivity contribution in [2.45, 2.75) is 58.5 Å². The molecule has 1 atom stereocenters. The van der Waals surface area contributed by atoms with Gasteiger partial charge in [0, 0.05) is 30.9 Å². The van der Waals surface area contributed by atoms with E-state index in [4.69, 9.17) is 4.98 Å². The number of nitrogens with zero attached hydrogens (tertiary/aromatic N) is 3. The molecule has 20 heavy (non-hydrogen) atoms. The lowest BCUT2D eigenvalue weighted by Gasteiger charge is -2.38. The smallest absolute Gasteiger partial charge is 0.136 e. The molecule has 2 aromatic heterocycles. The third-order valence-corrected chi connectivity index (χ3v) is 4.43. The summed E-state index contributed by atoms with van der Waals surface area (Å²) in [4.78, 5) is 7.43. The van der Waals surface area contributed by atoms with Crippen molar-refractivity contribution in [2.24, 2.45) is 0 Å².